The second-order valence-corrected chi connectivity index (χ2v) is 6.36. The molecule has 0 aliphatic carbocycles. The summed E-state index contributed by atoms with van der Waals surface area (Å²) < 4.78 is 0. The summed E-state index contributed by atoms with van der Waals surface area (Å²) in [7, 11) is 0. The van der Waals surface area contributed by atoms with E-state index < -0.39 is 6.10 Å². The van der Waals surface area contributed by atoms with Gasteiger partial charge in [0.2, 0.25) is 0 Å². The molecule has 0 bridgehead atoms. The quantitative estimate of drug-likeness (QED) is 0.312. The van der Waals surface area contributed by atoms with E-state index in [0.717, 1.165) is 0 Å². The Hall–Kier alpha value is -3.78. The van der Waals surface area contributed by atoms with Gasteiger partial charge in [0.15, 0.2) is 5.65 Å². The fraction of sp³-hybridized carbons (Fsp3) is 0.100. The molecule has 0 amide bonds. The number of hydrogen-bond acceptors (Lipinski definition) is 7. The summed E-state index contributed by atoms with van der Waals surface area (Å²) >= 11 is 0. The van der Waals surface area contributed by atoms with Gasteiger partial charge in [-0.15, -0.1) is 5.10 Å². The molecule has 0 aliphatic rings. The number of nitrogens with one attached hydrogen (secondary N) is 1. The zero-order chi connectivity index (χ0) is 19.7. The number of anilines is 1. The molecule has 2 aromatic carbocycles. The maximum absolute atomic E-state index is 11.0. The number of rotatable bonds is 5. The lowest BCUT2D eigenvalue weighted by Crippen LogP contribution is -2.03. The number of nitrogen functional groups attached to an aromatic ring is 1. The average Bonchev–Trinajstić information content (AvgIpc) is 3.13. The van der Waals surface area contributed by atoms with E-state index in [1.165, 1.54) is 12.1 Å². The first-order chi connectivity index (χ1) is 13.6. The Morgan fingerprint density at radius 3 is 2.57 bits per heavy atom. The van der Waals surface area contributed by atoms with Crippen LogP contribution in [0.4, 0.5) is 5.69 Å². The Balaban J connectivity index is 1.99. The molecule has 0 aliphatic heterocycles. The molecular formula is C20H17N5O3. The van der Waals surface area contributed by atoms with Crippen LogP contribution in [0, 0.1) is 4.91 Å². The van der Waals surface area contributed by atoms with Gasteiger partial charge in [0, 0.05) is 34.0 Å². The van der Waals surface area contributed by atoms with Gasteiger partial charge >= 0.3 is 0 Å². The van der Waals surface area contributed by atoms with E-state index in [0.29, 0.717) is 44.7 Å². The minimum Gasteiger partial charge on any atom is -0.508 e. The minimum absolute atomic E-state index is 0.109. The van der Waals surface area contributed by atoms with E-state index in [1.54, 1.807) is 24.4 Å². The minimum atomic E-state index is -0.987. The molecule has 0 saturated carbocycles. The number of phenolic OH excluding ortho intramolecular Hbond substituents is 1. The average molecular weight is 375 g/mol. The first kappa shape index (κ1) is 17.6. The highest BCUT2D eigenvalue weighted by atomic mass is 16.3. The molecule has 1 atom stereocenters. The van der Waals surface area contributed by atoms with Gasteiger partial charge in [0.25, 0.3) is 0 Å². The molecule has 8 nitrogen and oxygen atoms in total. The number of phenols is 1. The van der Waals surface area contributed by atoms with Crippen LogP contribution < -0.4 is 5.73 Å². The lowest BCUT2D eigenvalue weighted by Gasteiger charge is -2.15. The van der Waals surface area contributed by atoms with Crippen LogP contribution in [0.1, 0.15) is 22.9 Å². The Bertz CT molecular complexity index is 1150. The van der Waals surface area contributed by atoms with Crippen LogP contribution in [-0.4, -0.2) is 25.4 Å². The number of benzene rings is 2. The number of aromatic amines is 1. The molecule has 0 fully saturated rings. The molecule has 0 radical (unpaired) electrons. The summed E-state index contributed by atoms with van der Waals surface area (Å²) in [5.74, 6) is 0.109. The fourth-order valence-corrected chi connectivity index (χ4v) is 3.31. The number of aliphatic hydroxyl groups excluding tert-OH is 1. The smallest absolute Gasteiger partial charge is 0.161 e. The molecular weight excluding hydrogens is 358 g/mol. The summed E-state index contributed by atoms with van der Waals surface area (Å²) in [6, 6.07) is 13.5. The largest absolute Gasteiger partial charge is 0.508 e. The number of nitroso groups, excluding NO2 is 1. The number of aromatic nitrogens is 3. The van der Waals surface area contributed by atoms with Crippen molar-refractivity contribution in [2.24, 2.45) is 5.18 Å². The van der Waals surface area contributed by atoms with Gasteiger partial charge in [-0.1, -0.05) is 35.5 Å². The van der Waals surface area contributed by atoms with Crippen molar-refractivity contribution < 1.29 is 10.2 Å². The lowest BCUT2D eigenvalue weighted by molar-refractivity contribution is 0.222. The van der Waals surface area contributed by atoms with Crippen LogP contribution in [0.25, 0.3) is 22.2 Å². The van der Waals surface area contributed by atoms with Crippen molar-refractivity contribution in [3.8, 4) is 16.9 Å². The van der Waals surface area contributed by atoms with E-state index in [4.69, 9.17) is 5.73 Å². The van der Waals surface area contributed by atoms with Gasteiger partial charge in [0.05, 0.1) is 5.69 Å². The van der Waals surface area contributed by atoms with Crippen LogP contribution in [0.3, 0.4) is 0 Å². The van der Waals surface area contributed by atoms with Crippen LogP contribution in [0.5, 0.6) is 5.75 Å². The third kappa shape index (κ3) is 2.95. The topological polar surface area (TPSA) is 137 Å². The van der Waals surface area contributed by atoms with Gasteiger partial charge in [0.1, 0.15) is 18.4 Å². The number of H-pyrrole nitrogens is 1. The summed E-state index contributed by atoms with van der Waals surface area (Å²) in [6.07, 6.45) is 0.664. The fourth-order valence-electron chi connectivity index (χ4n) is 3.31. The number of para-hydroxylation sites is 1. The number of nitrogens with two attached hydrogens (primary N) is 1. The van der Waals surface area contributed by atoms with E-state index in [-0.39, 0.29) is 12.3 Å². The highest BCUT2D eigenvalue weighted by Gasteiger charge is 2.23. The van der Waals surface area contributed by atoms with E-state index >= 15 is 0 Å². The van der Waals surface area contributed by atoms with Gasteiger partial charge in [-0.2, -0.15) is 10.0 Å². The molecule has 0 spiro atoms. The highest BCUT2D eigenvalue weighted by Crippen LogP contribution is 2.39. The molecule has 0 saturated heterocycles. The van der Waals surface area contributed by atoms with Gasteiger partial charge < -0.3 is 20.9 Å². The monoisotopic (exact) mass is 375 g/mol. The number of aromatic hydroxyl groups is 1. The summed E-state index contributed by atoms with van der Waals surface area (Å²) in [6.45, 7) is -0.174. The van der Waals surface area contributed by atoms with Crippen molar-refractivity contribution in [2.75, 3.05) is 5.73 Å². The molecule has 5 N–H and O–H groups in total. The molecule has 4 rings (SSSR count). The number of hydrogen-bond donors (Lipinski definition) is 4. The van der Waals surface area contributed by atoms with Gasteiger partial charge in [-0.05, 0) is 23.8 Å². The standard InChI is InChI=1S/C20H17N5O3/c21-15-4-2-1-3-13(15)17-16(10-23-28)24-25-20-18(17)14(9-22-20)19(27)11-5-7-12(26)8-6-11/h1-9,19,26-27H,10,21H2,(H,22,25). The second-order valence-electron chi connectivity index (χ2n) is 6.36. The van der Waals surface area contributed by atoms with E-state index in [1.807, 2.05) is 18.2 Å². The first-order valence-electron chi connectivity index (χ1n) is 8.57. The van der Waals surface area contributed by atoms with Crippen LogP contribution in [-0.2, 0) is 6.54 Å². The van der Waals surface area contributed by atoms with Crippen molar-refractivity contribution in [3.63, 3.8) is 0 Å². The molecule has 2 aromatic heterocycles. The molecule has 8 heteroatoms. The third-order valence-corrected chi connectivity index (χ3v) is 4.65. The highest BCUT2D eigenvalue weighted by molar-refractivity contribution is 5.99. The first-order valence-corrected chi connectivity index (χ1v) is 8.57. The molecule has 1 unspecified atom stereocenters. The van der Waals surface area contributed by atoms with Gasteiger partial charge in [-0.25, -0.2) is 0 Å². The lowest BCUT2D eigenvalue weighted by atomic mass is 9.94. The van der Waals surface area contributed by atoms with E-state index in [2.05, 4.69) is 20.4 Å². The molecule has 4 aromatic rings. The van der Waals surface area contributed by atoms with Crippen molar-refractivity contribution in [2.45, 2.75) is 12.6 Å². The Labute approximate surface area is 159 Å². The maximum Gasteiger partial charge on any atom is 0.161 e. The van der Waals surface area contributed by atoms with Crippen LogP contribution in [0.15, 0.2) is 59.9 Å². The second kappa shape index (κ2) is 7.09. The number of aliphatic hydroxyl groups is 1. The molecule has 140 valence electrons. The Kier molecular flexibility index (Phi) is 4.46. The van der Waals surface area contributed by atoms with Crippen molar-refractivity contribution in [3.05, 3.63) is 76.5 Å². The Morgan fingerprint density at radius 2 is 1.86 bits per heavy atom. The number of nitrogens with zero attached hydrogens (tertiary/aromatic N) is 3. The third-order valence-electron chi connectivity index (χ3n) is 4.65. The van der Waals surface area contributed by atoms with Crippen molar-refractivity contribution in [1.29, 1.82) is 0 Å². The predicted molar refractivity (Wildman–Crippen MR) is 105 cm³/mol. The van der Waals surface area contributed by atoms with Crippen LogP contribution in [0.2, 0.25) is 0 Å². The zero-order valence-corrected chi connectivity index (χ0v) is 14.7. The number of fused-ring (bicyclic) bond motifs is 1. The SMILES string of the molecule is Nc1ccccc1-c1c(CN=O)nnc2[nH]cc(C(O)c3ccc(O)cc3)c12. The maximum atomic E-state index is 11.0. The Morgan fingerprint density at radius 1 is 1.11 bits per heavy atom. The van der Waals surface area contributed by atoms with Gasteiger partial charge in [-0.3, -0.25) is 0 Å². The zero-order valence-electron chi connectivity index (χ0n) is 14.7. The molecule has 2 heterocycles. The normalized spacial score (nSPS) is 12.2. The summed E-state index contributed by atoms with van der Waals surface area (Å²) in [5, 5.41) is 32.3. The molecule has 28 heavy (non-hydrogen) atoms. The summed E-state index contributed by atoms with van der Waals surface area (Å²) in [5.41, 5.74) is 9.96. The predicted octanol–water partition coefficient (Wildman–Crippen LogP) is 3.26. The van der Waals surface area contributed by atoms with E-state index in [9.17, 15) is 15.1 Å². The van der Waals surface area contributed by atoms with Crippen LogP contribution >= 0.6 is 0 Å². The summed E-state index contributed by atoms with van der Waals surface area (Å²) in [4.78, 5) is 14.0. The van der Waals surface area contributed by atoms with Crippen molar-refractivity contribution >= 4 is 16.7 Å². The van der Waals surface area contributed by atoms with Crippen molar-refractivity contribution in [1.82, 2.24) is 15.2 Å².